The molecule has 1 unspecified atom stereocenters. The van der Waals surface area contributed by atoms with Gasteiger partial charge in [0, 0.05) is 0 Å². The summed E-state index contributed by atoms with van der Waals surface area (Å²) >= 11 is 0. The predicted octanol–water partition coefficient (Wildman–Crippen LogP) is 2.90. The summed E-state index contributed by atoms with van der Waals surface area (Å²) in [6, 6.07) is 0. The highest BCUT2D eigenvalue weighted by atomic mass is 16.7. The maximum absolute atomic E-state index is 12.7. The first-order chi connectivity index (χ1) is 9.94. The van der Waals surface area contributed by atoms with Crippen LogP contribution in [0.5, 0.6) is 0 Å². The summed E-state index contributed by atoms with van der Waals surface area (Å²) in [5, 5.41) is 0. The molecule has 1 saturated heterocycles. The van der Waals surface area contributed by atoms with Crippen LogP contribution < -0.4 is 0 Å². The second-order valence-corrected chi connectivity index (χ2v) is 8.25. The van der Waals surface area contributed by atoms with E-state index in [9.17, 15) is 4.79 Å². The van der Waals surface area contributed by atoms with Gasteiger partial charge in [-0.2, -0.15) is 0 Å². The number of carbonyl (C=O) groups excluding carboxylic acids is 1. The molecular weight excluding hydrogens is 268 g/mol. The Morgan fingerprint density at radius 2 is 1.67 bits per heavy atom. The van der Waals surface area contributed by atoms with Gasteiger partial charge in [0.2, 0.25) is 0 Å². The average molecular weight is 294 g/mol. The van der Waals surface area contributed by atoms with Gasteiger partial charge in [-0.25, -0.2) is 0 Å². The van der Waals surface area contributed by atoms with Crippen LogP contribution in [-0.2, 0) is 19.0 Å². The lowest BCUT2D eigenvalue weighted by Crippen LogP contribution is -2.50. The number of carbonyl (C=O) groups is 1. The molecule has 118 valence electrons. The Bertz CT molecular complexity index is 407. The molecule has 0 aromatic heterocycles. The third kappa shape index (κ3) is 2.50. The maximum atomic E-state index is 12.7. The molecule has 5 fully saturated rings. The second-order valence-electron chi connectivity index (χ2n) is 8.25. The lowest BCUT2D eigenvalue weighted by molar-refractivity contribution is -0.179. The van der Waals surface area contributed by atoms with Crippen LogP contribution in [0.3, 0.4) is 0 Å². The summed E-state index contributed by atoms with van der Waals surface area (Å²) in [6.45, 7) is 4.65. The SMILES string of the molecule is CC1(C)OCC(COC(=O)C23CC4CC(CC(C4)C2)C3)O1. The average Bonchev–Trinajstić information content (AvgIpc) is 2.74. The quantitative estimate of drug-likeness (QED) is 0.751. The van der Waals surface area contributed by atoms with Crippen molar-refractivity contribution in [2.45, 2.75) is 64.3 Å². The fourth-order valence-electron chi connectivity index (χ4n) is 5.53. The van der Waals surface area contributed by atoms with E-state index in [-0.39, 0.29) is 17.5 Å². The van der Waals surface area contributed by atoms with Crippen LogP contribution in [0.1, 0.15) is 52.4 Å². The van der Waals surface area contributed by atoms with Crippen LogP contribution in [0, 0.1) is 23.2 Å². The topological polar surface area (TPSA) is 44.8 Å². The highest BCUT2D eigenvalue weighted by Crippen LogP contribution is 2.60. The van der Waals surface area contributed by atoms with E-state index < -0.39 is 5.79 Å². The molecule has 0 radical (unpaired) electrons. The number of esters is 1. The van der Waals surface area contributed by atoms with E-state index in [1.54, 1.807) is 0 Å². The number of hydrogen-bond acceptors (Lipinski definition) is 4. The van der Waals surface area contributed by atoms with Gasteiger partial charge in [-0.05, 0) is 70.1 Å². The van der Waals surface area contributed by atoms with Gasteiger partial charge < -0.3 is 14.2 Å². The van der Waals surface area contributed by atoms with Gasteiger partial charge in [0.05, 0.1) is 12.0 Å². The summed E-state index contributed by atoms with van der Waals surface area (Å²) in [4.78, 5) is 12.7. The van der Waals surface area contributed by atoms with Crippen molar-refractivity contribution in [3.05, 3.63) is 0 Å². The molecule has 0 N–H and O–H groups in total. The van der Waals surface area contributed by atoms with E-state index in [0.717, 1.165) is 37.0 Å². The molecule has 4 aliphatic carbocycles. The highest BCUT2D eigenvalue weighted by molar-refractivity contribution is 5.77. The monoisotopic (exact) mass is 294 g/mol. The highest BCUT2D eigenvalue weighted by Gasteiger charge is 2.55. The predicted molar refractivity (Wildman–Crippen MR) is 76.5 cm³/mol. The fourth-order valence-corrected chi connectivity index (χ4v) is 5.53. The molecule has 0 amide bonds. The molecule has 0 aromatic carbocycles. The van der Waals surface area contributed by atoms with Crippen LogP contribution in [0.2, 0.25) is 0 Å². The molecule has 4 nitrogen and oxygen atoms in total. The molecule has 21 heavy (non-hydrogen) atoms. The zero-order chi connectivity index (χ0) is 14.7. The largest absolute Gasteiger partial charge is 0.462 e. The number of rotatable bonds is 3. The third-order valence-corrected chi connectivity index (χ3v) is 5.94. The Hall–Kier alpha value is -0.610. The van der Waals surface area contributed by atoms with Crippen LogP contribution in [-0.4, -0.2) is 31.1 Å². The van der Waals surface area contributed by atoms with Gasteiger partial charge in [-0.15, -0.1) is 0 Å². The maximum Gasteiger partial charge on any atom is 0.312 e. The minimum atomic E-state index is -0.544. The van der Waals surface area contributed by atoms with E-state index in [0.29, 0.717) is 13.2 Å². The van der Waals surface area contributed by atoms with Crippen molar-refractivity contribution in [3.8, 4) is 0 Å². The molecule has 5 aliphatic rings. The molecule has 1 atom stereocenters. The summed E-state index contributed by atoms with van der Waals surface area (Å²) < 4.78 is 16.9. The van der Waals surface area contributed by atoms with Crippen molar-refractivity contribution < 1.29 is 19.0 Å². The second kappa shape index (κ2) is 4.69. The molecule has 1 heterocycles. The molecule has 0 spiro atoms. The summed E-state index contributed by atoms with van der Waals surface area (Å²) in [5.41, 5.74) is -0.163. The van der Waals surface area contributed by atoms with Crippen molar-refractivity contribution in [3.63, 3.8) is 0 Å². The van der Waals surface area contributed by atoms with E-state index in [1.807, 2.05) is 13.8 Å². The van der Waals surface area contributed by atoms with E-state index in [2.05, 4.69) is 0 Å². The van der Waals surface area contributed by atoms with Gasteiger partial charge in [0.25, 0.3) is 0 Å². The standard InChI is InChI=1S/C17H26O4/c1-16(2)20-10-14(21-16)9-19-15(18)17-6-11-3-12(7-17)5-13(4-11)8-17/h11-14H,3-10H2,1-2H3. The van der Waals surface area contributed by atoms with Gasteiger partial charge in [0.1, 0.15) is 12.7 Å². The zero-order valence-corrected chi connectivity index (χ0v) is 13.1. The van der Waals surface area contributed by atoms with Crippen LogP contribution in [0.25, 0.3) is 0 Å². The van der Waals surface area contributed by atoms with Crippen molar-refractivity contribution in [1.82, 2.24) is 0 Å². The van der Waals surface area contributed by atoms with Crippen LogP contribution in [0.4, 0.5) is 0 Å². The Balaban J connectivity index is 1.37. The molecule has 1 aliphatic heterocycles. The van der Waals surface area contributed by atoms with E-state index in [4.69, 9.17) is 14.2 Å². The smallest absolute Gasteiger partial charge is 0.312 e. The Labute approximate surface area is 126 Å². The first-order valence-corrected chi connectivity index (χ1v) is 8.43. The van der Waals surface area contributed by atoms with Crippen molar-refractivity contribution in [2.24, 2.45) is 23.2 Å². The van der Waals surface area contributed by atoms with Crippen molar-refractivity contribution in [2.75, 3.05) is 13.2 Å². The van der Waals surface area contributed by atoms with Crippen LogP contribution >= 0.6 is 0 Å². The zero-order valence-electron chi connectivity index (χ0n) is 13.1. The lowest BCUT2D eigenvalue weighted by atomic mass is 9.49. The minimum Gasteiger partial charge on any atom is -0.462 e. The summed E-state index contributed by atoms with van der Waals surface area (Å²) in [7, 11) is 0. The summed E-state index contributed by atoms with van der Waals surface area (Å²) in [5.74, 6) is 1.81. The Morgan fingerprint density at radius 3 is 2.14 bits per heavy atom. The third-order valence-electron chi connectivity index (χ3n) is 5.94. The molecule has 4 bridgehead atoms. The van der Waals surface area contributed by atoms with E-state index >= 15 is 0 Å². The van der Waals surface area contributed by atoms with Crippen molar-refractivity contribution in [1.29, 1.82) is 0 Å². The van der Waals surface area contributed by atoms with Gasteiger partial charge in [0.15, 0.2) is 5.79 Å². The van der Waals surface area contributed by atoms with Gasteiger partial charge in [-0.3, -0.25) is 4.79 Å². The molecular formula is C17H26O4. The van der Waals surface area contributed by atoms with E-state index in [1.165, 1.54) is 19.3 Å². The van der Waals surface area contributed by atoms with Gasteiger partial charge in [-0.1, -0.05) is 0 Å². The number of hydrogen-bond donors (Lipinski definition) is 0. The Kier molecular flexibility index (Phi) is 3.13. The molecule has 0 aromatic rings. The summed E-state index contributed by atoms with van der Waals surface area (Å²) in [6.07, 6.45) is 7.11. The lowest BCUT2D eigenvalue weighted by Gasteiger charge is -2.55. The fraction of sp³-hybridized carbons (Fsp3) is 0.941. The molecule has 5 rings (SSSR count). The van der Waals surface area contributed by atoms with Gasteiger partial charge >= 0.3 is 5.97 Å². The van der Waals surface area contributed by atoms with Crippen LogP contribution in [0.15, 0.2) is 0 Å². The minimum absolute atomic E-state index is 0.0370. The molecule has 4 saturated carbocycles. The molecule has 4 heteroatoms. The Morgan fingerprint density at radius 1 is 1.10 bits per heavy atom. The normalized spacial score (nSPS) is 46.8. The number of ether oxygens (including phenoxy) is 3. The van der Waals surface area contributed by atoms with Crippen molar-refractivity contribution >= 4 is 5.97 Å². The first-order valence-electron chi connectivity index (χ1n) is 8.43. The first kappa shape index (κ1) is 14.0.